The maximum Gasteiger partial charge on any atom is 0.340 e. The fourth-order valence-electron chi connectivity index (χ4n) is 6.44. The number of nitrogens with zero attached hydrogens (tertiary/aromatic N) is 6. The average Bonchev–Trinajstić information content (AvgIpc) is 3.86. The van der Waals surface area contributed by atoms with Crippen LogP contribution in [0.4, 0.5) is 0 Å². The molecular weight excluding hydrogens is 618 g/mol. The number of nitrogens with one attached hydrogen (secondary N) is 1. The third-order valence-corrected chi connectivity index (χ3v) is 8.85. The van der Waals surface area contributed by atoms with Crippen molar-refractivity contribution in [3.05, 3.63) is 120 Å². The molecule has 1 aliphatic heterocycles. The molecule has 4 aromatic carbocycles. The van der Waals surface area contributed by atoms with Gasteiger partial charge in [-0.3, -0.25) is 10.2 Å². The number of ether oxygens (including phenoxy) is 1. The molecule has 250 valence electrons. The highest BCUT2D eigenvalue weighted by molar-refractivity contribution is 5.97. The van der Waals surface area contributed by atoms with Crippen LogP contribution < -0.4 is 5.59 Å². The van der Waals surface area contributed by atoms with Gasteiger partial charge < -0.3 is 13.9 Å². The molecule has 0 atom stereocenters. The summed E-state index contributed by atoms with van der Waals surface area (Å²) in [4.78, 5) is 28.1. The van der Waals surface area contributed by atoms with E-state index in [9.17, 15) is 10.0 Å². The summed E-state index contributed by atoms with van der Waals surface area (Å²) in [6.07, 6.45) is 6.30. The summed E-state index contributed by atoms with van der Waals surface area (Å²) in [5, 5.41) is 12.2. The highest BCUT2D eigenvalue weighted by Crippen LogP contribution is 2.30. The Hall–Kier alpha value is -5.33. The monoisotopic (exact) mass is 657 g/mol. The lowest BCUT2D eigenvalue weighted by Gasteiger charge is -2.24. The van der Waals surface area contributed by atoms with Crippen molar-refractivity contribution in [2.24, 2.45) is 7.05 Å². The van der Waals surface area contributed by atoms with E-state index < -0.39 is 12.8 Å². The first kappa shape index (κ1) is 32.2. The van der Waals surface area contributed by atoms with E-state index in [0.717, 1.165) is 75.2 Å². The molecule has 7 rings (SSSR count). The maximum absolute atomic E-state index is 13.0. The number of hydrazine groups is 2. The van der Waals surface area contributed by atoms with Gasteiger partial charge in [0, 0.05) is 38.3 Å². The zero-order valence-electron chi connectivity index (χ0n) is 27.8. The van der Waals surface area contributed by atoms with E-state index in [1.54, 1.807) is 18.3 Å². The average molecular weight is 658 g/mol. The maximum atomic E-state index is 13.0. The number of carbonyl (C=O) groups is 1. The standard InChI is InChI=1S/C38H39N7O4/c1-4-10-35-39-32-20-19-29(37-40-33-14-9-11-26(2)36(33)42(37)3)23-34(32)44(35)24-27-15-17-28(18-16-27)30-12-5-6-13-31(30)38(46)48-25-49-41-45(47)43-21-7-8-22-43/h5-7,9,11-21,23,41,47H,4,8,10,22,24-25H2,1-3H3. The Bertz CT molecular complexity index is 2150. The predicted octanol–water partition coefficient (Wildman–Crippen LogP) is 6.94. The Labute approximate surface area is 284 Å². The van der Waals surface area contributed by atoms with Crippen LogP contribution in [0.25, 0.3) is 44.6 Å². The summed E-state index contributed by atoms with van der Waals surface area (Å²) in [5.41, 5.74) is 11.9. The number of hydrogen-bond donors (Lipinski definition) is 2. The Morgan fingerprint density at radius 3 is 2.57 bits per heavy atom. The first-order valence-electron chi connectivity index (χ1n) is 16.5. The summed E-state index contributed by atoms with van der Waals surface area (Å²) in [6, 6.07) is 28.2. The van der Waals surface area contributed by atoms with E-state index in [1.165, 1.54) is 10.6 Å². The minimum absolute atomic E-state index is 0.391. The number of hydrogen-bond acceptors (Lipinski definition) is 9. The molecule has 0 radical (unpaired) electrons. The van der Waals surface area contributed by atoms with E-state index >= 15 is 0 Å². The van der Waals surface area contributed by atoms with Gasteiger partial charge in [0.05, 0.1) is 27.6 Å². The van der Waals surface area contributed by atoms with E-state index in [4.69, 9.17) is 19.5 Å². The second-order valence-corrected chi connectivity index (χ2v) is 12.2. The molecule has 0 saturated heterocycles. The van der Waals surface area contributed by atoms with Crippen LogP contribution in [0, 0.1) is 6.92 Å². The first-order chi connectivity index (χ1) is 23.9. The van der Waals surface area contributed by atoms with E-state index in [2.05, 4.69) is 78.1 Å². The minimum Gasteiger partial charge on any atom is -0.433 e. The van der Waals surface area contributed by atoms with Crippen LogP contribution in [-0.2, 0) is 29.6 Å². The molecule has 11 heteroatoms. The molecule has 0 saturated carbocycles. The number of carbonyl (C=O) groups excluding carboxylic acids is 1. The summed E-state index contributed by atoms with van der Waals surface area (Å²) < 4.78 is 9.81. The Balaban J connectivity index is 1.10. The molecule has 0 unspecified atom stereocenters. The molecule has 11 nitrogen and oxygen atoms in total. The summed E-state index contributed by atoms with van der Waals surface area (Å²) in [5.74, 6) is 1.44. The van der Waals surface area contributed by atoms with Crippen LogP contribution in [0.2, 0.25) is 0 Å². The lowest BCUT2D eigenvalue weighted by atomic mass is 9.98. The summed E-state index contributed by atoms with van der Waals surface area (Å²) >= 11 is 0. The second kappa shape index (κ2) is 14.0. The van der Waals surface area contributed by atoms with E-state index in [-0.39, 0.29) is 0 Å². The van der Waals surface area contributed by atoms with Crippen LogP contribution in [0.1, 0.15) is 47.1 Å². The predicted molar refractivity (Wildman–Crippen MR) is 188 cm³/mol. The van der Waals surface area contributed by atoms with Crippen molar-refractivity contribution < 1.29 is 19.6 Å². The van der Waals surface area contributed by atoms with Crippen molar-refractivity contribution in [1.82, 2.24) is 35.0 Å². The van der Waals surface area contributed by atoms with Gasteiger partial charge in [-0.2, -0.15) is 0 Å². The zero-order valence-corrected chi connectivity index (χ0v) is 27.8. The number of para-hydroxylation sites is 1. The molecule has 0 aliphatic carbocycles. The van der Waals surface area contributed by atoms with Gasteiger partial charge in [0.2, 0.25) is 6.79 Å². The molecular formula is C38H39N7O4. The van der Waals surface area contributed by atoms with Gasteiger partial charge >= 0.3 is 5.97 Å². The van der Waals surface area contributed by atoms with E-state index in [1.807, 2.05) is 36.4 Å². The molecule has 49 heavy (non-hydrogen) atoms. The molecule has 1 aliphatic rings. The third kappa shape index (κ3) is 6.57. The van der Waals surface area contributed by atoms with Crippen LogP contribution in [0.5, 0.6) is 0 Å². The molecule has 3 heterocycles. The fourth-order valence-corrected chi connectivity index (χ4v) is 6.44. The van der Waals surface area contributed by atoms with E-state index in [0.29, 0.717) is 23.9 Å². The SMILES string of the molecule is CCCc1nc2ccc(-c3nc4cccc(C)c4n3C)cc2n1Cc1ccc(-c2ccccc2C(=O)OCONN(O)N2C=CCC2)cc1. The van der Waals surface area contributed by atoms with Gasteiger partial charge in [0.25, 0.3) is 0 Å². The largest absolute Gasteiger partial charge is 0.433 e. The van der Waals surface area contributed by atoms with Gasteiger partial charge in [0.15, 0.2) is 0 Å². The number of benzene rings is 4. The van der Waals surface area contributed by atoms with Gasteiger partial charge in [-0.25, -0.2) is 19.6 Å². The Morgan fingerprint density at radius 2 is 1.80 bits per heavy atom. The van der Waals surface area contributed by atoms with Crippen LogP contribution in [-0.4, -0.2) is 53.9 Å². The molecule has 2 aromatic heterocycles. The zero-order chi connectivity index (χ0) is 33.9. The molecule has 0 spiro atoms. The smallest absolute Gasteiger partial charge is 0.340 e. The topological polar surface area (TPSA) is 110 Å². The van der Waals surface area contributed by atoms with Crippen molar-refractivity contribution in [3.8, 4) is 22.5 Å². The molecule has 0 bridgehead atoms. The van der Waals surface area contributed by atoms with Crippen LogP contribution >= 0.6 is 0 Å². The van der Waals surface area contributed by atoms with Crippen molar-refractivity contribution in [2.45, 2.75) is 39.7 Å². The van der Waals surface area contributed by atoms with Crippen molar-refractivity contribution in [1.29, 1.82) is 0 Å². The first-order valence-corrected chi connectivity index (χ1v) is 16.5. The highest BCUT2D eigenvalue weighted by atomic mass is 16.8. The highest BCUT2D eigenvalue weighted by Gasteiger charge is 2.18. The lowest BCUT2D eigenvalue weighted by Crippen LogP contribution is -2.45. The third-order valence-electron chi connectivity index (χ3n) is 8.85. The number of aromatic nitrogens is 4. The van der Waals surface area contributed by atoms with Crippen LogP contribution in [0.15, 0.2) is 97.2 Å². The number of rotatable bonds is 12. The Morgan fingerprint density at radius 1 is 0.980 bits per heavy atom. The quantitative estimate of drug-likeness (QED) is 0.0626. The molecule has 6 aromatic rings. The number of fused-ring (bicyclic) bond motifs is 2. The molecule has 0 fully saturated rings. The number of esters is 1. The van der Waals surface area contributed by atoms with Gasteiger partial charge in [-0.1, -0.05) is 73.2 Å². The second-order valence-electron chi connectivity index (χ2n) is 12.2. The van der Waals surface area contributed by atoms with Gasteiger partial charge in [0.1, 0.15) is 11.6 Å². The Kier molecular flexibility index (Phi) is 9.23. The summed E-state index contributed by atoms with van der Waals surface area (Å²) in [7, 11) is 2.07. The normalized spacial score (nSPS) is 13.0. The van der Waals surface area contributed by atoms with Crippen molar-refractivity contribution in [3.63, 3.8) is 0 Å². The number of aryl methyl sites for hydroxylation is 3. The number of imidazole rings is 2. The van der Waals surface area contributed by atoms with Crippen molar-refractivity contribution >= 4 is 28.0 Å². The fraction of sp³-hybridized carbons (Fsp3) is 0.237. The van der Waals surface area contributed by atoms with Crippen molar-refractivity contribution in [2.75, 3.05) is 13.3 Å². The van der Waals surface area contributed by atoms with Gasteiger partial charge in [-0.05, 0) is 77.6 Å². The molecule has 0 amide bonds. The molecule has 2 N–H and O–H groups in total. The summed E-state index contributed by atoms with van der Waals surface area (Å²) in [6.45, 7) is 5.16. The minimum atomic E-state index is -0.535. The lowest BCUT2D eigenvalue weighted by molar-refractivity contribution is -0.337. The van der Waals surface area contributed by atoms with Gasteiger partial charge in [-0.15, -0.1) is 0 Å². The van der Waals surface area contributed by atoms with Crippen LogP contribution in [0.3, 0.4) is 0 Å².